The molecule has 3 nitrogen and oxygen atoms in total. The number of hydrogen-bond donors (Lipinski definition) is 1. The molecular formula is C11H22N2O. The maximum absolute atomic E-state index is 6.24. The zero-order valence-electron chi connectivity index (χ0n) is 9.17. The van der Waals surface area contributed by atoms with Crippen LogP contribution in [0.4, 0.5) is 0 Å². The predicted octanol–water partition coefficient (Wildman–Crippen LogP) is 0.979. The van der Waals surface area contributed by atoms with Crippen LogP contribution in [0.1, 0.15) is 32.1 Å². The van der Waals surface area contributed by atoms with Crippen LogP contribution in [0.25, 0.3) is 0 Å². The Morgan fingerprint density at radius 2 is 2.21 bits per heavy atom. The van der Waals surface area contributed by atoms with Gasteiger partial charge in [0.25, 0.3) is 0 Å². The van der Waals surface area contributed by atoms with Crippen LogP contribution in [0.15, 0.2) is 0 Å². The molecule has 3 heteroatoms. The van der Waals surface area contributed by atoms with Crippen molar-refractivity contribution in [1.82, 2.24) is 4.90 Å². The molecule has 1 saturated carbocycles. The lowest BCUT2D eigenvalue weighted by atomic mass is 9.77. The topological polar surface area (TPSA) is 38.5 Å². The van der Waals surface area contributed by atoms with Crippen molar-refractivity contribution in [3.8, 4) is 0 Å². The van der Waals surface area contributed by atoms with Gasteiger partial charge < -0.3 is 10.5 Å². The van der Waals surface area contributed by atoms with E-state index < -0.39 is 0 Å². The van der Waals surface area contributed by atoms with Gasteiger partial charge in [-0.15, -0.1) is 0 Å². The molecule has 0 aromatic heterocycles. The second-order valence-electron chi connectivity index (χ2n) is 4.95. The molecule has 0 spiro atoms. The summed E-state index contributed by atoms with van der Waals surface area (Å²) < 4.78 is 5.41. The van der Waals surface area contributed by atoms with E-state index >= 15 is 0 Å². The Balaban J connectivity index is 1.79. The Morgan fingerprint density at radius 3 is 2.79 bits per heavy atom. The minimum absolute atomic E-state index is 0.135. The Labute approximate surface area is 86.6 Å². The lowest BCUT2D eigenvalue weighted by molar-refractivity contribution is 0.0161. The van der Waals surface area contributed by atoms with Crippen molar-refractivity contribution in [2.75, 3.05) is 26.7 Å². The lowest BCUT2D eigenvalue weighted by Crippen LogP contribution is -2.57. The molecule has 1 saturated heterocycles. The molecule has 2 aliphatic rings. The summed E-state index contributed by atoms with van der Waals surface area (Å²) in [7, 11) is 1.82. The maximum atomic E-state index is 6.24. The Hall–Kier alpha value is -0.120. The van der Waals surface area contributed by atoms with Gasteiger partial charge in [0.15, 0.2) is 0 Å². The first kappa shape index (κ1) is 10.4. The number of nitrogens with zero attached hydrogens (tertiary/aromatic N) is 1. The fourth-order valence-corrected chi connectivity index (χ4v) is 2.58. The molecule has 82 valence electrons. The second kappa shape index (κ2) is 4.17. The highest BCUT2D eigenvalue weighted by Crippen LogP contribution is 2.30. The van der Waals surface area contributed by atoms with E-state index in [1.54, 1.807) is 0 Å². The summed E-state index contributed by atoms with van der Waals surface area (Å²) in [5.74, 6) is 0. The molecule has 1 aliphatic carbocycles. The number of piperidine rings is 1. The predicted molar refractivity (Wildman–Crippen MR) is 57.2 cm³/mol. The molecule has 1 heterocycles. The number of likely N-dealkylation sites (tertiary alicyclic amines) is 1. The lowest BCUT2D eigenvalue weighted by Gasteiger charge is -2.44. The van der Waals surface area contributed by atoms with Gasteiger partial charge in [0.05, 0.1) is 6.10 Å². The highest BCUT2D eigenvalue weighted by Gasteiger charge is 2.35. The minimum Gasteiger partial charge on any atom is -0.380 e. The molecule has 1 atom stereocenters. The van der Waals surface area contributed by atoms with E-state index in [0.717, 1.165) is 13.1 Å². The van der Waals surface area contributed by atoms with Crippen LogP contribution in [0, 0.1) is 0 Å². The second-order valence-corrected chi connectivity index (χ2v) is 4.95. The van der Waals surface area contributed by atoms with Crippen molar-refractivity contribution >= 4 is 0 Å². The molecule has 0 aromatic carbocycles. The molecule has 0 bridgehead atoms. The van der Waals surface area contributed by atoms with E-state index in [-0.39, 0.29) is 5.54 Å². The number of methoxy groups -OCH3 is 1. The van der Waals surface area contributed by atoms with Crippen LogP contribution < -0.4 is 5.73 Å². The molecule has 1 aliphatic heterocycles. The number of hydrogen-bond acceptors (Lipinski definition) is 3. The highest BCUT2D eigenvalue weighted by atomic mass is 16.5. The van der Waals surface area contributed by atoms with E-state index in [4.69, 9.17) is 10.5 Å². The van der Waals surface area contributed by atoms with Crippen LogP contribution in [-0.4, -0.2) is 43.3 Å². The van der Waals surface area contributed by atoms with Crippen LogP contribution >= 0.6 is 0 Å². The van der Waals surface area contributed by atoms with Crippen molar-refractivity contribution in [3.05, 3.63) is 0 Å². The van der Waals surface area contributed by atoms with E-state index in [1.165, 1.54) is 38.6 Å². The summed E-state index contributed by atoms with van der Waals surface area (Å²) in [4.78, 5) is 2.48. The summed E-state index contributed by atoms with van der Waals surface area (Å²) in [5, 5.41) is 0. The first-order valence-corrected chi connectivity index (χ1v) is 5.76. The van der Waals surface area contributed by atoms with Gasteiger partial charge in [-0.2, -0.15) is 0 Å². The highest BCUT2D eigenvalue weighted by molar-refractivity contribution is 4.96. The first-order valence-electron chi connectivity index (χ1n) is 5.76. The minimum atomic E-state index is 0.135. The molecule has 2 fully saturated rings. The smallest absolute Gasteiger partial charge is 0.0698 e. The molecule has 14 heavy (non-hydrogen) atoms. The monoisotopic (exact) mass is 198 g/mol. The van der Waals surface area contributed by atoms with Crippen molar-refractivity contribution < 1.29 is 4.74 Å². The molecule has 0 amide bonds. The molecule has 0 aromatic rings. The van der Waals surface area contributed by atoms with Crippen molar-refractivity contribution in [2.45, 2.75) is 43.7 Å². The van der Waals surface area contributed by atoms with E-state index in [1.807, 2.05) is 7.11 Å². The van der Waals surface area contributed by atoms with Crippen LogP contribution in [-0.2, 0) is 4.74 Å². The standard InChI is InChI=1S/C11H22N2O/c1-14-10-4-2-7-13(8-10)9-11(12)5-3-6-11/h10H,2-9,12H2,1H3. The van der Waals surface area contributed by atoms with Crippen molar-refractivity contribution in [1.29, 1.82) is 0 Å². The van der Waals surface area contributed by atoms with Crippen molar-refractivity contribution in [3.63, 3.8) is 0 Å². The van der Waals surface area contributed by atoms with Gasteiger partial charge >= 0.3 is 0 Å². The van der Waals surface area contributed by atoms with Crippen LogP contribution in [0.2, 0.25) is 0 Å². The zero-order chi connectivity index (χ0) is 10.0. The van der Waals surface area contributed by atoms with Gasteiger partial charge in [0.1, 0.15) is 0 Å². The molecule has 2 N–H and O–H groups in total. The molecule has 2 rings (SSSR count). The third kappa shape index (κ3) is 2.27. The zero-order valence-corrected chi connectivity index (χ0v) is 9.17. The van der Waals surface area contributed by atoms with Crippen LogP contribution in [0.5, 0.6) is 0 Å². The Kier molecular flexibility index (Phi) is 3.10. The number of nitrogens with two attached hydrogens (primary N) is 1. The fourth-order valence-electron chi connectivity index (χ4n) is 2.58. The van der Waals surface area contributed by atoms with Gasteiger partial charge in [-0.1, -0.05) is 0 Å². The van der Waals surface area contributed by atoms with Gasteiger partial charge in [0.2, 0.25) is 0 Å². The van der Waals surface area contributed by atoms with E-state index in [0.29, 0.717) is 6.10 Å². The maximum Gasteiger partial charge on any atom is 0.0698 e. The summed E-state index contributed by atoms with van der Waals surface area (Å²) in [5.41, 5.74) is 6.37. The molecular weight excluding hydrogens is 176 g/mol. The summed E-state index contributed by atoms with van der Waals surface area (Å²) in [6.45, 7) is 3.36. The third-order valence-electron chi connectivity index (χ3n) is 3.68. The van der Waals surface area contributed by atoms with Gasteiger partial charge in [-0.25, -0.2) is 0 Å². The van der Waals surface area contributed by atoms with Crippen molar-refractivity contribution in [2.24, 2.45) is 5.73 Å². The van der Waals surface area contributed by atoms with Gasteiger partial charge in [-0.05, 0) is 38.6 Å². The third-order valence-corrected chi connectivity index (χ3v) is 3.68. The average molecular weight is 198 g/mol. The molecule has 0 radical (unpaired) electrons. The summed E-state index contributed by atoms with van der Waals surface area (Å²) in [6, 6.07) is 0. The largest absolute Gasteiger partial charge is 0.380 e. The van der Waals surface area contributed by atoms with E-state index in [9.17, 15) is 0 Å². The van der Waals surface area contributed by atoms with E-state index in [2.05, 4.69) is 4.90 Å². The number of ether oxygens (including phenoxy) is 1. The first-order chi connectivity index (χ1) is 6.72. The SMILES string of the molecule is COC1CCCN(CC2(N)CCC2)C1. The normalized spacial score (nSPS) is 32.6. The van der Waals surface area contributed by atoms with Crippen LogP contribution in [0.3, 0.4) is 0 Å². The summed E-state index contributed by atoms with van der Waals surface area (Å²) >= 11 is 0. The molecule has 1 unspecified atom stereocenters. The number of rotatable bonds is 3. The summed E-state index contributed by atoms with van der Waals surface area (Å²) in [6.07, 6.45) is 6.65. The Morgan fingerprint density at radius 1 is 1.43 bits per heavy atom. The fraction of sp³-hybridized carbons (Fsp3) is 1.00. The average Bonchev–Trinajstić information content (AvgIpc) is 2.16. The van der Waals surface area contributed by atoms with Gasteiger partial charge in [0, 0.05) is 25.7 Å². The van der Waals surface area contributed by atoms with Gasteiger partial charge in [-0.3, -0.25) is 4.90 Å². The Bertz CT molecular complexity index is 192. The quantitative estimate of drug-likeness (QED) is 0.734.